The molecule has 1 fully saturated rings. The van der Waals surface area contributed by atoms with Crippen LogP contribution < -0.4 is 10.2 Å². The molecule has 33 heavy (non-hydrogen) atoms. The molecule has 1 N–H and O–H groups in total. The van der Waals surface area contributed by atoms with Crippen molar-refractivity contribution in [3.05, 3.63) is 107 Å². The number of hydrogen-bond donors (Lipinski definition) is 1. The molecule has 1 aliphatic heterocycles. The van der Waals surface area contributed by atoms with Crippen molar-refractivity contribution in [2.24, 2.45) is 0 Å². The van der Waals surface area contributed by atoms with E-state index in [2.05, 4.69) is 88.0 Å². The van der Waals surface area contributed by atoms with Crippen LogP contribution in [0.25, 0.3) is 5.69 Å². The lowest BCUT2D eigenvalue weighted by Gasteiger charge is -2.28. The van der Waals surface area contributed by atoms with Gasteiger partial charge in [0.1, 0.15) is 0 Å². The van der Waals surface area contributed by atoms with Crippen molar-refractivity contribution < 1.29 is 0 Å². The van der Waals surface area contributed by atoms with E-state index in [1.54, 1.807) is 6.20 Å². The van der Waals surface area contributed by atoms with Crippen molar-refractivity contribution in [3.8, 4) is 5.69 Å². The highest BCUT2D eigenvalue weighted by Crippen LogP contribution is 2.43. The first-order valence-corrected chi connectivity index (χ1v) is 11.7. The summed E-state index contributed by atoms with van der Waals surface area (Å²) in [5.41, 5.74) is 7.98. The molecule has 1 saturated heterocycles. The molecule has 2 atom stereocenters. The van der Waals surface area contributed by atoms with Crippen LogP contribution in [0.15, 0.2) is 79.3 Å². The molecule has 0 spiro atoms. The van der Waals surface area contributed by atoms with Crippen molar-refractivity contribution in [2.75, 3.05) is 4.90 Å². The number of pyridine rings is 2. The number of thiocarbonyl (C=S) groups is 1. The van der Waals surface area contributed by atoms with Gasteiger partial charge in [0.2, 0.25) is 0 Å². The van der Waals surface area contributed by atoms with Gasteiger partial charge < -0.3 is 14.8 Å². The monoisotopic (exact) mass is 453 g/mol. The van der Waals surface area contributed by atoms with Gasteiger partial charge in [0.25, 0.3) is 0 Å². The molecule has 166 valence electrons. The maximum absolute atomic E-state index is 5.88. The van der Waals surface area contributed by atoms with Crippen LogP contribution in [-0.4, -0.2) is 19.6 Å². The zero-order chi connectivity index (χ0) is 22.9. The Bertz CT molecular complexity index is 1270. The van der Waals surface area contributed by atoms with Gasteiger partial charge in [0.05, 0.1) is 29.7 Å². The molecular formula is C27H27N5S. The van der Waals surface area contributed by atoms with Gasteiger partial charge in [0.15, 0.2) is 5.11 Å². The Morgan fingerprint density at radius 1 is 0.970 bits per heavy atom. The first kappa shape index (κ1) is 21.3. The second-order valence-electron chi connectivity index (χ2n) is 8.39. The highest BCUT2D eigenvalue weighted by molar-refractivity contribution is 7.80. The van der Waals surface area contributed by atoms with Gasteiger partial charge in [0, 0.05) is 29.5 Å². The number of hydrogen-bond acceptors (Lipinski definition) is 3. The zero-order valence-corrected chi connectivity index (χ0v) is 19.9. The predicted octanol–water partition coefficient (Wildman–Crippen LogP) is 5.62. The summed E-state index contributed by atoms with van der Waals surface area (Å²) in [7, 11) is 0. The van der Waals surface area contributed by atoms with Gasteiger partial charge in [-0.15, -0.1) is 0 Å². The minimum Gasteiger partial charge on any atom is -0.351 e. The van der Waals surface area contributed by atoms with Crippen LogP contribution in [0, 0.1) is 13.8 Å². The van der Waals surface area contributed by atoms with Crippen LogP contribution in [0.3, 0.4) is 0 Å². The molecule has 0 amide bonds. The molecule has 4 heterocycles. The fourth-order valence-electron chi connectivity index (χ4n) is 4.81. The van der Waals surface area contributed by atoms with Crippen molar-refractivity contribution in [1.29, 1.82) is 0 Å². The van der Waals surface area contributed by atoms with E-state index >= 15 is 0 Å². The number of anilines is 1. The fraction of sp³-hybridized carbons (Fsp3) is 0.222. The van der Waals surface area contributed by atoms with E-state index in [9.17, 15) is 0 Å². The third-order valence-electron chi connectivity index (χ3n) is 6.41. The third kappa shape index (κ3) is 3.80. The number of aryl methyl sites for hydroxylation is 2. The second kappa shape index (κ2) is 8.79. The van der Waals surface area contributed by atoms with E-state index in [1.807, 2.05) is 30.6 Å². The van der Waals surface area contributed by atoms with Crippen LogP contribution in [0.1, 0.15) is 47.2 Å². The quantitative estimate of drug-likeness (QED) is 0.397. The summed E-state index contributed by atoms with van der Waals surface area (Å²) in [6, 6.07) is 21.0. The Hall–Kier alpha value is -3.51. The number of rotatable bonds is 5. The van der Waals surface area contributed by atoms with Crippen LogP contribution in [0.5, 0.6) is 0 Å². The second-order valence-corrected chi connectivity index (χ2v) is 8.78. The third-order valence-corrected chi connectivity index (χ3v) is 6.73. The molecule has 0 saturated carbocycles. The standard InChI is InChI=1S/C27H27N5S/c1-4-20-10-12-21(13-11-20)32-26(25(30-27(32)33)24-9-5-6-15-29-24)23-16-18(2)31(19(23)3)22-8-7-14-28-17-22/h5-17,25-26H,4H2,1-3H3,(H,30,33)/t25-,26-/m1/s1. The van der Waals surface area contributed by atoms with E-state index in [-0.39, 0.29) is 12.1 Å². The minimum atomic E-state index is -0.0626. The molecule has 0 unspecified atom stereocenters. The first-order valence-electron chi connectivity index (χ1n) is 11.3. The predicted molar refractivity (Wildman–Crippen MR) is 137 cm³/mol. The van der Waals surface area contributed by atoms with Gasteiger partial charge in [-0.25, -0.2) is 0 Å². The summed E-state index contributed by atoms with van der Waals surface area (Å²) < 4.78 is 2.26. The van der Waals surface area contributed by atoms with E-state index in [1.165, 1.54) is 16.8 Å². The van der Waals surface area contributed by atoms with Crippen molar-refractivity contribution in [3.63, 3.8) is 0 Å². The summed E-state index contributed by atoms with van der Waals surface area (Å²) in [4.78, 5) is 11.2. The summed E-state index contributed by atoms with van der Waals surface area (Å²) >= 11 is 5.88. The van der Waals surface area contributed by atoms with Gasteiger partial charge in [-0.3, -0.25) is 9.97 Å². The van der Waals surface area contributed by atoms with E-state index < -0.39 is 0 Å². The summed E-state index contributed by atoms with van der Waals surface area (Å²) in [6.07, 6.45) is 6.56. The number of benzene rings is 1. The highest BCUT2D eigenvalue weighted by Gasteiger charge is 2.42. The molecule has 1 aromatic carbocycles. The molecule has 4 aromatic rings. The van der Waals surface area contributed by atoms with E-state index in [0.717, 1.165) is 29.2 Å². The number of aromatic nitrogens is 3. The Morgan fingerprint density at radius 3 is 2.45 bits per heavy atom. The lowest BCUT2D eigenvalue weighted by Crippen LogP contribution is -2.29. The Balaban J connectivity index is 1.66. The molecule has 0 radical (unpaired) electrons. The Labute approximate surface area is 200 Å². The highest BCUT2D eigenvalue weighted by atomic mass is 32.1. The molecule has 6 heteroatoms. The van der Waals surface area contributed by atoms with Gasteiger partial charge in [-0.05, 0) is 86.1 Å². The average Bonchev–Trinajstić information content (AvgIpc) is 3.35. The SMILES string of the molecule is CCc1ccc(N2C(=S)N[C@H](c3ccccn3)[C@H]2c2cc(C)n(-c3cccnc3)c2C)cc1. The maximum atomic E-state index is 5.88. The summed E-state index contributed by atoms with van der Waals surface area (Å²) in [5, 5.41) is 4.28. The van der Waals surface area contributed by atoms with Crippen molar-refractivity contribution in [1.82, 2.24) is 19.9 Å². The summed E-state index contributed by atoms with van der Waals surface area (Å²) in [5.74, 6) is 0. The number of nitrogens with zero attached hydrogens (tertiary/aromatic N) is 4. The number of nitrogens with one attached hydrogen (secondary N) is 1. The minimum absolute atomic E-state index is 0.0310. The Kier molecular flexibility index (Phi) is 5.68. The van der Waals surface area contributed by atoms with Crippen LogP contribution in [0.4, 0.5) is 5.69 Å². The Morgan fingerprint density at radius 2 is 1.79 bits per heavy atom. The van der Waals surface area contributed by atoms with E-state index in [0.29, 0.717) is 5.11 Å². The van der Waals surface area contributed by atoms with Gasteiger partial charge in [-0.2, -0.15) is 0 Å². The van der Waals surface area contributed by atoms with Crippen molar-refractivity contribution >= 4 is 23.0 Å². The molecule has 0 aliphatic carbocycles. The lowest BCUT2D eigenvalue weighted by molar-refractivity contribution is 0.565. The fourth-order valence-corrected chi connectivity index (χ4v) is 5.16. The normalized spacial score (nSPS) is 17.9. The smallest absolute Gasteiger partial charge is 0.174 e. The van der Waals surface area contributed by atoms with Gasteiger partial charge in [-0.1, -0.05) is 25.1 Å². The van der Waals surface area contributed by atoms with Crippen molar-refractivity contribution in [2.45, 2.75) is 39.3 Å². The van der Waals surface area contributed by atoms with Crippen LogP contribution in [-0.2, 0) is 6.42 Å². The average molecular weight is 454 g/mol. The van der Waals surface area contributed by atoms with Gasteiger partial charge >= 0.3 is 0 Å². The topological polar surface area (TPSA) is 46.0 Å². The molecule has 0 bridgehead atoms. The molecule has 5 nitrogen and oxygen atoms in total. The lowest BCUT2D eigenvalue weighted by atomic mass is 9.96. The zero-order valence-electron chi connectivity index (χ0n) is 19.1. The molecule has 5 rings (SSSR count). The summed E-state index contributed by atoms with van der Waals surface area (Å²) in [6.45, 7) is 6.48. The molecular weight excluding hydrogens is 426 g/mol. The largest absolute Gasteiger partial charge is 0.351 e. The van der Waals surface area contributed by atoms with Crippen LogP contribution >= 0.6 is 12.2 Å². The van der Waals surface area contributed by atoms with E-state index in [4.69, 9.17) is 12.2 Å². The molecule has 3 aromatic heterocycles. The maximum Gasteiger partial charge on any atom is 0.174 e. The molecule has 1 aliphatic rings. The van der Waals surface area contributed by atoms with Crippen LogP contribution in [0.2, 0.25) is 0 Å². The first-order chi connectivity index (χ1) is 16.1.